The number of nitrogens with zero attached hydrogens (tertiary/aromatic N) is 3. The van der Waals surface area contributed by atoms with Gasteiger partial charge in [0.15, 0.2) is 0 Å². The molecule has 3 heterocycles. The van der Waals surface area contributed by atoms with Gasteiger partial charge in [0.2, 0.25) is 5.91 Å². The van der Waals surface area contributed by atoms with Crippen LogP contribution in [0.2, 0.25) is 0 Å². The molecule has 1 amide bonds. The van der Waals surface area contributed by atoms with Gasteiger partial charge in [0.05, 0.1) is 5.56 Å². The number of pyridine rings is 1. The molecule has 0 unspecified atom stereocenters. The second kappa shape index (κ2) is 9.41. The summed E-state index contributed by atoms with van der Waals surface area (Å²) in [5.74, 6) is 1.96. The summed E-state index contributed by atoms with van der Waals surface area (Å²) in [6.45, 7) is 2.38. The van der Waals surface area contributed by atoms with E-state index in [1.165, 1.54) is 24.7 Å². The third kappa shape index (κ3) is 5.94. The van der Waals surface area contributed by atoms with Crippen LogP contribution in [-0.2, 0) is 11.0 Å². The molecule has 4 nitrogen and oxygen atoms in total. The first-order valence-electron chi connectivity index (χ1n) is 9.28. The molecule has 3 rings (SSSR count). The third-order valence-electron chi connectivity index (χ3n) is 4.93. The predicted molar refractivity (Wildman–Crippen MR) is 105 cm³/mol. The molecular formula is C18H24F3N3OS2. The van der Waals surface area contributed by atoms with Gasteiger partial charge in [-0.1, -0.05) is 28.0 Å². The van der Waals surface area contributed by atoms with Crippen LogP contribution < -0.4 is 4.90 Å². The standard InChI is InChI=1S/C18H24F3N3OS2/c19-18(20,21)14-5-6-16(22-13-14)23-8-10-24(11-9-23)17(25)4-2-1-3-15-7-12-26-27-15/h5-6,13,15H,1-4,7-12H2/t15-/m0/s1. The van der Waals surface area contributed by atoms with E-state index in [1.807, 2.05) is 31.4 Å². The molecule has 2 saturated heterocycles. The Kier molecular flexibility index (Phi) is 7.19. The van der Waals surface area contributed by atoms with E-state index in [9.17, 15) is 18.0 Å². The summed E-state index contributed by atoms with van der Waals surface area (Å²) in [6, 6.07) is 2.46. The molecule has 0 bridgehead atoms. The minimum absolute atomic E-state index is 0.184. The lowest BCUT2D eigenvalue weighted by molar-refractivity contribution is -0.137. The van der Waals surface area contributed by atoms with Crippen molar-refractivity contribution < 1.29 is 18.0 Å². The first-order chi connectivity index (χ1) is 12.9. The fourth-order valence-corrected chi connectivity index (χ4v) is 6.32. The highest BCUT2D eigenvalue weighted by atomic mass is 33.1. The van der Waals surface area contributed by atoms with Crippen molar-refractivity contribution in [3.05, 3.63) is 23.9 Å². The zero-order chi connectivity index (χ0) is 19.3. The maximum atomic E-state index is 12.6. The number of piperazine rings is 1. The largest absolute Gasteiger partial charge is 0.417 e. The maximum absolute atomic E-state index is 12.6. The highest BCUT2D eigenvalue weighted by Gasteiger charge is 2.31. The highest BCUT2D eigenvalue weighted by Crippen LogP contribution is 2.39. The van der Waals surface area contributed by atoms with Crippen molar-refractivity contribution in [2.75, 3.05) is 36.8 Å². The molecule has 0 aliphatic carbocycles. The number of anilines is 1. The molecule has 150 valence electrons. The average Bonchev–Trinajstić information content (AvgIpc) is 3.18. The van der Waals surface area contributed by atoms with Gasteiger partial charge < -0.3 is 9.80 Å². The Hall–Kier alpha value is -1.09. The van der Waals surface area contributed by atoms with Crippen LogP contribution in [0.3, 0.4) is 0 Å². The van der Waals surface area contributed by atoms with Crippen LogP contribution in [0.5, 0.6) is 0 Å². The lowest BCUT2D eigenvalue weighted by Crippen LogP contribution is -2.49. The van der Waals surface area contributed by atoms with Gasteiger partial charge in [0, 0.05) is 49.8 Å². The topological polar surface area (TPSA) is 36.4 Å². The number of unbranched alkanes of at least 4 members (excludes halogenated alkanes) is 1. The predicted octanol–water partition coefficient (Wildman–Crippen LogP) is 4.46. The second-order valence-corrected chi connectivity index (χ2v) is 9.63. The average molecular weight is 420 g/mol. The van der Waals surface area contributed by atoms with Crippen molar-refractivity contribution in [2.24, 2.45) is 0 Å². The molecule has 2 aliphatic heterocycles. The van der Waals surface area contributed by atoms with Gasteiger partial charge in [0.1, 0.15) is 5.82 Å². The van der Waals surface area contributed by atoms with E-state index in [2.05, 4.69) is 4.98 Å². The molecule has 27 heavy (non-hydrogen) atoms. The van der Waals surface area contributed by atoms with E-state index in [0.717, 1.165) is 30.4 Å². The first-order valence-corrected chi connectivity index (χ1v) is 11.7. The van der Waals surface area contributed by atoms with Crippen LogP contribution in [0, 0.1) is 0 Å². The fraction of sp³-hybridized carbons (Fsp3) is 0.667. The molecule has 0 radical (unpaired) electrons. The Bertz CT molecular complexity index is 613. The van der Waals surface area contributed by atoms with Gasteiger partial charge in [-0.05, 0) is 31.4 Å². The van der Waals surface area contributed by atoms with Crippen molar-refractivity contribution in [1.29, 1.82) is 0 Å². The SMILES string of the molecule is O=C(CCCC[C@H]1CCSS1)N1CCN(c2ccc(C(F)(F)F)cn2)CC1. The lowest BCUT2D eigenvalue weighted by Gasteiger charge is -2.35. The summed E-state index contributed by atoms with van der Waals surface area (Å²) in [5.41, 5.74) is -0.741. The molecule has 0 spiro atoms. The van der Waals surface area contributed by atoms with Gasteiger partial charge in [-0.2, -0.15) is 13.2 Å². The Morgan fingerprint density at radius 2 is 1.96 bits per heavy atom. The van der Waals surface area contributed by atoms with Gasteiger partial charge in [-0.15, -0.1) is 0 Å². The third-order valence-corrected chi connectivity index (χ3v) is 7.93. The summed E-state index contributed by atoms with van der Waals surface area (Å²) in [4.78, 5) is 20.1. The van der Waals surface area contributed by atoms with Crippen LogP contribution in [0.25, 0.3) is 0 Å². The smallest absolute Gasteiger partial charge is 0.353 e. The van der Waals surface area contributed by atoms with E-state index in [0.29, 0.717) is 38.4 Å². The van der Waals surface area contributed by atoms with Gasteiger partial charge in [0.25, 0.3) is 0 Å². The van der Waals surface area contributed by atoms with Crippen LogP contribution in [0.15, 0.2) is 18.3 Å². The van der Waals surface area contributed by atoms with Crippen LogP contribution in [-0.4, -0.2) is 53.0 Å². The molecule has 1 atom stereocenters. The first kappa shape index (κ1) is 20.6. The van der Waals surface area contributed by atoms with Gasteiger partial charge >= 0.3 is 6.18 Å². The summed E-state index contributed by atoms with van der Waals surface area (Å²) in [5, 5.41) is 0.755. The number of carbonyl (C=O) groups is 1. The van der Waals surface area contributed by atoms with E-state index < -0.39 is 11.7 Å². The maximum Gasteiger partial charge on any atom is 0.417 e. The number of carbonyl (C=O) groups excluding carboxylic acids is 1. The Balaban J connectivity index is 1.38. The van der Waals surface area contributed by atoms with Gasteiger partial charge in [-0.25, -0.2) is 4.98 Å². The molecule has 2 aliphatic rings. The Morgan fingerprint density at radius 3 is 2.56 bits per heavy atom. The van der Waals surface area contributed by atoms with Crippen LogP contribution in [0.4, 0.5) is 19.0 Å². The molecule has 1 aromatic heterocycles. The van der Waals surface area contributed by atoms with E-state index in [4.69, 9.17) is 0 Å². The number of halogens is 3. The monoisotopic (exact) mass is 419 g/mol. The molecule has 0 saturated carbocycles. The molecule has 2 fully saturated rings. The quantitative estimate of drug-likeness (QED) is 0.503. The normalized spacial score (nSPS) is 20.9. The van der Waals surface area contributed by atoms with Crippen molar-refractivity contribution in [2.45, 2.75) is 43.5 Å². The minimum atomic E-state index is -4.37. The lowest BCUT2D eigenvalue weighted by atomic mass is 10.1. The number of alkyl halides is 3. The summed E-state index contributed by atoms with van der Waals surface area (Å²) < 4.78 is 37.9. The Labute approximate surface area is 165 Å². The number of hydrogen-bond acceptors (Lipinski definition) is 5. The van der Waals surface area contributed by atoms with Gasteiger partial charge in [-0.3, -0.25) is 4.79 Å². The fourth-order valence-electron chi connectivity index (χ4n) is 3.30. The molecule has 1 aromatic rings. The molecular weight excluding hydrogens is 395 g/mol. The van der Waals surface area contributed by atoms with Crippen molar-refractivity contribution in [3.63, 3.8) is 0 Å². The van der Waals surface area contributed by atoms with E-state index in [1.54, 1.807) is 0 Å². The van der Waals surface area contributed by atoms with Crippen molar-refractivity contribution >= 4 is 33.3 Å². The summed E-state index contributed by atoms with van der Waals surface area (Å²) in [7, 11) is 3.92. The summed E-state index contributed by atoms with van der Waals surface area (Å²) in [6.07, 6.45) is 1.59. The number of hydrogen-bond donors (Lipinski definition) is 0. The van der Waals surface area contributed by atoms with E-state index >= 15 is 0 Å². The zero-order valence-electron chi connectivity index (χ0n) is 15.1. The zero-order valence-corrected chi connectivity index (χ0v) is 16.7. The van der Waals surface area contributed by atoms with Crippen molar-refractivity contribution in [3.8, 4) is 0 Å². The number of amides is 1. The van der Waals surface area contributed by atoms with Crippen molar-refractivity contribution in [1.82, 2.24) is 9.88 Å². The summed E-state index contributed by atoms with van der Waals surface area (Å²) >= 11 is 0. The van der Waals surface area contributed by atoms with Crippen LogP contribution in [0.1, 0.15) is 37.7 Å². The number of rotatable bonds is 6. The highest BCUT2D eigenvalue weighted by molar-refractivity contribution is 8.77. The van der Waals surface area contributed by atoms with Crippen LogP contribution >= 0.6 is 21.6 Å². The minimum Gasteiger partial charge on any atom is -0.353 e. The molecule has 9 heteroatoms. The second-order valence-electron chi connectivity index (χ2n) is 6.85. The number of aromatic nitrogens is 1. The molecule has 0 aromatic carbocycles. The Morgan fingerprint density at radius 1 is 1.19 bits per heavy atom. The van der Waals surface area contributed by atoms with E-state index in [-0.39, 0.29) is 5.91 Å². The molecule has 0 N–H and O–H groups in total.